The highest BCUT2D eigenvalue weighted by Gasteiger charge is 2.21. The Hall–Kier alpha value is -1.40. The van der Waals surface area contributed by atoms with Crippen LogP contribution >= 0.6 is 12.6 Å². The van der Waals surface area contributed by atoms with E-state index in [1.165, 1.54) is 64.2 Å². The minimum absolute atomic E-state index is 0.0642. The maximum atomic E-state index is 12.7. The lowest BCUT2D eigenvalue weighted by molar-refractivity contribution is -0.132. The van der Waals surface area contributed by atoms with Crippen LogP contribution in [0.25, 0.3) is 0 Å². The second-order valence-corrected chi connectivity index (χ2v) is 13.2. The van der Waals surface area contributed by atoms with Crippen molar-refractivity contribution in [2.75, 3.05) is 127 Å². The monoisotopic (exact) mass is 627 g/mol. The number of hydrogen-bond donors (Lipinski definition) is 1. The second kappa shape index (κ2) is 23.9. The summed E-state index contributed by atoms with van der Waals surface area (Å²) in [6.45, 7) is 8.37. The molecule has 43 heavy (non-hydrogen) atoms. The fourth-order valence-electron chi connectivity index (χ4n) is 5.14. The van der Waals surface area contributed by atoms with Crippen LogP contribution in [0.5, 0.6) is 0 Å². The molecule has 0 atom stereocenters. The van der Waals surface area contributed by atoms with Gasteiger partial charge in [-0.3, -0.25) is 29.1 Å². The zero-order valence-electron chi connectivity index (χ0n) is 28.6. The Kier molecular flexibility index (Phi) is 22.0. The van der Waals surface area contributed by atoms with Gasteiger partial charge in [0.25, 0.3) is 0 Å². The topological polar surface area (TPSA) is 73.9 Å². The molecule has 11 heteroatoms. The van der Waals surface area contributed by atoms with Crippen LogP contribution in [-0.2, 0) is 14.4 Å². The average Bonchev–Trinajstić information content (AvgIpc) is 2.96. The third-order valence-electron chi connectivity index (χ3n) is 8.39. The lowest BCUT2D eigenvalue weighted by Crippen LogP contribution is -2.50. The summed E-state index contributed by atoms with van der Waals surface area (Å²) in [6.07, 6.45) is 13.0. The third kappa shape index (κ3) is 19.6. The molecule has 0 aromatic rings. The summed E-state index contributed by atoms with van der Waals surface area (Å²) in [7, 11) is 10.8. The van der Waals surface area contributed by atoms with Crippen molar-refractivity contribution in [3.05, 3.63) is 0 Å². The molecule has 1 fully saturated rings. The fraction of sp³-hybridized carbons (Fsp3) is 0.906. The molecule has 0 spiro atoms. The summed E-state index contributed by atoms with van der Waals surface area (Å²) in [5.41, 5.74) is 0. The highest BCUT2D eigenvalue weighted by atomic mass is 32.1. The predicted octanol–water partition coefficient (Wildman–Crippen LogP) is 2.30. The number of thiol groups is 1. The van der Waals surface area contributed by atoms with Crippen molar-refractivity contribution in [1.29, 1.82) is 0 Å². The van der Waals surface area contributed by atoms with Gasteiger partial charge in [0.15, 0.2) is 0 Å². The Morgan fingerprint density at radius 2 is 0.698 bits per heavy atom. The molecular weight excluding hydrogens is 562 g/mol. The number of rotatable bonds is 18. The van der Waals surface area contributed by atoms with Crippen LogP contribution in [-0.4, -0.2) is 179 Å². The highest BCUT2D eigenvalue weighted by molar-refractivity contribution is 7.80. The van der Waals surface area contributed by atoms with Crippen molar-refractivity contribution >= 4 is 30.4 Å². The highest BCUT2D eigenvalue weighted by Crippen LogP contribution is 2.12. The smallest absolute Gasteiger partial charge is 0.236 e. The van der Waals surface area contributed by atoms with Crippen LogP contribution in [0, 0.1) is 0 Å². The van der Waals surface area contributed by atoms with Gasteiger partial charge >= 0.3 is 0 Å². The molecule has 0 unspecified atom stereocenters. The number of likely N-dealkylation sites (N-methyl/N-ethyl adjacent to an activating group) is 3. The molecule has 1 aliphatic rings. The molecule has 1 saturated heterocycles. The van der Waals surface area contributed by atoms with E-state index in [1.54, 1.807) is 57.0 Å². The molecule has 0 aromatic carbocycles. The molecular formula is C32H65N7O3S. The maximum absolute atomic E-state index is 12.7. The van der Waals surface area contributed by atoms with Gasteiger partial charge in [0, 0.05) is 94.6 Å². The quantitative estimate of drug-likeness (QED) is 0.185. The lowest BCUT2D eigenvalue weighted by atomic mass is 10.1. The standard InChI is InChI=1S/C32H65N7O3S/c1-33(2)30(40)27-37-20-18-36(17-15-13-11-9-7-8-10-12-14-16-26-43)19-21-38(28-31(41)34(3)4)23-25-39(24-22-37)29-32(42)35(5)6/h43H,7-29H2,1-6H3. The van der Waals surface area contributed by atoms with Gasteiger partial charge in [-0.15, -0.1) is 0 Å². The van der Waals surface area contributed by atoms with Gasteiger partial charge in [0.1, 0.15) is 0 Å². The van der Waals surface area contributed by atoms with Crippen LogP contribution in [0.2, 0.25) is 0 Å². The number of unbranched alkanes of at least 4 members (excludes halogenated alkanes) is 9. The van der Waals surface area contributed by atoms with Crippen molar-refractivity contribution in [3.63, 3.8) is 0 Å². The molecule has 1 aliphatic heterocycles. The van der Waals surface area contributed by atoms with E-state index in [1.807, 2.05) is 0 Å². The molecule has 0 bridgehead atoms. The van der Waals surface area contributed by atoms with E-state index in [9.17, 15) is 14.4 Å². The number of carbonyl (C=O) groups is 3. The van der Waals surface area contributed by atoms with E-state index in [-0.39, 0.29) is 17.7 Å². The lowest BCUT2D eigenvalue weighted by Gasteiger charge is -2.34. The van der Waals surface area contributed by atoms with Crippen LogP contribution in [0.15, 0.2) is 0 Å². The summed E-state index contributed by atoms with van der Waals surface area (Å²) in [5, 5.41) is 0. The minimum atomic E-state index is 0.0642. The first-order valence-corrected chi connectivity index (χ1v) is 17.3. The van der Waals surface area contributed by atoms with E-state index in [0.29, 0.717) is 32.7 Å². The fourth-order valence-corrected chi connectivity index (χ4v) is 5.36. The van der Waals surface area contributed by atoms with Crippen molar-refractivity contribution in [3.8, 4) is 0 Å². The first kappa shape index (κ1) is 39.6. The van der Waals surface area contributed by atoms with Crippen LogP contribution in [0.3, 0.4) is 0 Å². The van der Waals surface area contributed by atoms with Gasteiger partial charge in [0.2, 0.25) is 17.7 Å². The molecule has 0 aromatic heterocycles. The summed E-state index contributed by atoms with van der Waals surface area (Å²) < 4.78 is 0. The van der Waals surface area contributed by atoms with Gasteiger partial charge in [-0.2, -0.15) is 12.6 Å². The van der Waals surface area contributed by atoms with Crippen LogP contribution in [0.1, 0.15) is 64.2 Å². The van der Waals surface area contributed by atoms with E-state index in [0.717, 1.165) is 51.6 Å². The third-order valence-corrected chi connectivity index (χ3v) is 8.70. The molecule has 0 radical (unpaired) electrons. The molecule has 252 valence electrons. The van der Waals surface area contributed by atoms with Gasteiger partial charge in [-0.05, 0) is 25.1 Å². The van der Waals surface area contributed by atoms with E-state index in [4.69, 9.17) is 0 Å². The van der Waals surface area contributed by atoms with Crippen molar-refractivity contribution in [2.24, 2.45) is 0 Å². The molecule has 1 rings (SSSR count). The zero-order valence-corrected chi connectivity index (χ0v) is 29.5. The molecule has 0 saturated carbocycles. The Morgan fingerprint density at radius 1 is 0.442 bits per heavy atom. The van der Waals surface area contributed by atoms with Gasteiger partial charge in [-0.25, -0.2) is 0 Å². The Labute approximate surface area is 269 Å². The summed E-state index contributed by atoms with van der Waals surface area (Å²) >= 11 is 4.30. The number of carbonyl (C=O) groups excluding carboxylic acids is 3. The average molecular weight is 628 g/mol. The summed E-state index contributed by atoms with van der Waals surface area (Å²) in [4.78, 5) is 52.0. The number of nitrogens with zero attached hydrogens (tertiary/aromatic N) is 7. The van der Waals surface area contributed by atoms with Gasteiger partial charge in [-0.1, -0.05) is 51.4 Å². The van der Waals surface area contributed by atoms with Crippen molar-refractivity contribution < 1.29 is 14.4 Å². The van der Waals surface area contributed by atoms with Gasteiger partial charge < -0.3 is 19.6 Å². The zero-order chi connectivity index (χ0) is 32.0. The summed E-state index contributed by atoms with van der Waals surface area (Å²) in [6, 6.07) is 0. The maximum Gasteiger partial charge on any atom is 0.236 e. The Morgan fingerprint density at radius 3 is 0.977 bits per heavy atom. The normalized spacial score (nSPS) is 16.8. The Balaban J connectivity index is 2.80. The molecule has 1 heterocycles. The summed E-state index contributed by atoms with van der Waals surface area (Å²) in [5.74, 6) is 1.27. The predicted molar refractivity (Wildman–Crippen MR) is 182 cm³/mol. The van der Waals surface area contributed by atoms with E-state index < -0.39 is 0 Å². The van der Waals surface area contributed by atoms with E-state index in [2.05, 4.69) is 32.2 Å². The van der Waals surface area contributed by atoms with Crippen LogP contribution < -0.4 is 0 Å². The number of hydrogen-bond acceptors (Lipinski definition) is 8. The van der Waals surface area contributed by atoms with Gasteiger partial charge in [0.05, 0.1) is 19.6 Å². The molecule has 3 amide bonds. The number of amides is 3. The van der Waals surface area contributed by atoms with Crippen molar-refractivity contribution in [2.45, 2.75) is 64.2 Å². The Bertz CT molecular complexity index is 731. The molecule has 10 nitrogen and oxygen atoms in total. The van der Waals surface area contributed by atoms with E-state index >= 15 is 0 Å². The first-order chi connectivity index (χ1) is 20.5. The molecule has 0 N–H and O–H groups in total. The second-order valence-electron chi connectivity index (χ2n) is 12.8. The van der Waals surface area contributed by atoms with Crippen molar-refractivity contribution in [1.82, 2.24) is 34.3 Å². The largest absolute Gasteiger partial charge is 0.348 e. The first-order valence-electron chi connectivity index (χ1n) is 16.6. The SMILES string of the molecule is CN(C)C(=O)CN1CCN(CCCCCCCCCCCCS)CCN(CC(=O)N(C)C)CCN(CC(=O)N(C)C)CC1. The minimum Gasteiger partial charge on any atom is -0.348 e. The molecule has 0 aliphatic carbocycles. The van der Waals surface area contributed by atoms with Crippen LogP contribution in [0.4, 0.5) is 0 Å².